The third-order valence-electron chi connectivity index (χ3n) is 1.95. The van der Waals surface area contributed by atoms with Gasteiger partial charge in [0.05, 0.1) is 0 Å². The number of rotatable bonds is 1. The molecule has 0 spiro atoms. The van der Waals surface area contributed by atoms with Crippen LogP contribution < -0.4 is 0 Å². The summed E-state index contributed by atoms with van der Waals surface area (Å²) >= 11 is 5.68. The Morgan fingerprint density at radius 2 is 1.57 bits per heavy atom. The minimum absolute atomic E-state index is 0.992. The molecule has 0 aliphatic heterocycles. The molecule has 0 saturated carbocycles. The fraction of sp³-hybridized carbons (Fsp3) is 0. The molecule has 69 valence electrons. The van der Waals surface area contributed by atoms with E-state index in [0.717, 1.165) is 4.47 Å². The second-order valence-electron chi connectivity index (χ2n) is 2.93. The van der Waals surface area contributed by atoms with E-state index in [-0.39, 0.29) is 0 Å². The van der Waals surface area contributed by atoms with Gasteiger partial charge in [-0.05, 0) is 64.0 Å². The number of halogens is 2. The molecule has 0 nitrogen and oxygen atoms in total. The SMILES string of the molecule is Brc1[c]cc(-c2ccc(I)cc2)cc1. The number of hydrogen-bond acceptors (Lipinski definition) is 0. The third-order valence-corrected chi connectivity index (χ3v) is 3.16. The van der Waals surface area contributed by atoms with Crippen LogP contribution in [-0.2, 0) is 0 Å². The van der Waals surface area contributed by atoms with Crippen molar-refractivity contribution in [3.8, 4) is 11.1 Å². The van der Waals surface area contributed by atoms with Crippen molar-refractivity contribution in [1.29, 1.82) is 0 Å². The lowest BCUT2D eigenvalue weighted by atomic mass is 10.1. The molecular weight excluding hydrogens is 351 g/mol. The molecule has 0 amide bonds. The number of hydrogen-bond donors (Lipinski definition) is 0. The molecule has 0 aliphatic rings. The molecule has 2 rings (SSSR count). The van der Waals surface area contributed by atoms with E-state index in [1.54, 1.807) is 0 Å². The highest BCUT2D eigenvalue weighted by molar-refractivity contribution is 14.1. The molecule has 0 aromatic heterocycles. The van der Waals surface area contributed by atoms with Gasteiger partial charge in [-0.25, -0.2) is 0 Å². The van der Waals surface area contributed by atoms with Gasteiger partial charge < -0.3 is 0 Å². The Hall–Kier alpha value is -0.350. The summed E-state index contributed by atoms with van der Waals surface area (Å²) in [6, 6.07) is 17.7. The molecule has 0 N–H and O–H groups in total. The summed E-state index contributed by atoms with van der Waals surface area (Å²) in [4.78, 5) is 0. The van der Waals surface area contributed by atoms with Crippen molar-refractivity contribution < 1.29 is 0 Å². The topological polar surface area (TPSA) is 0 Å². The van der Waals surface area contributed by atoms with Crippen LogP contribution in [0.2, 0.25) is 0 Å². The average Bonchev–Trinajstić information content (AvgIpc) is 2.21. The van der Waals surface area contributed by atoms with Crippen LogP contribution in [0.3, 0.4) is 0 Å². The zero-order valence-corrected chi connectivity index (χ0v) is 11.0. The van der Waals surface area contributed by atoms with Gasteiger partial charge in [-0.2, -0.15) is 0 Å². The van der Waals surface area contributed by atoms with Gasteiger partial charge in [0.2, 0.25) is 0 Å². The molecule has 0 bridgehead atoms. The highest BCUT2D eigenvalue weighted by atomic mass is 127. The first kappa shape index (κ1) is 10.2. The lowest BCUT2D eigenvalue weighted by Gasteiger charge is -2.01. The Labute approximate surface area is 106 Å². The highest BCUT2D eigenvalue weighted by Gasteiger charge is 1.96. The van der Waals surface area contributed by atoms with Gasteiger partial charge in [0.25, 0.3) is 0 Å². The molecule has 0 atom stereocenters. The predicted molar refractivity (Wildman–Crippen MR) is 71.1 cm³/mol. The van der Waals surface area contributed by atoms with E-state index in [4.69, 9.17) is 0 Å². The van der Waals surface area contributed by atoms with Gasteiger partial charge in [-0.1, -0.05) is 34.1 Å². The van der Waals surface area contributed by atoms with Crippen molar-refractivity contribution in [3.63, 3.8) is 0 Å². The zero-order valence-electron chi connectivity index (χ0n) is 7.30. The van der Waals surface area contributed by atoms with Crippen LogP contribution in [0, 0.1) is 9.64 Å². The summed E-state index contributed by atoms with van der Waals surface area (Å²) in [5.74, 6) is 0. The molecule has 2 heteroatoms. The Morgan fingerprint density at radius 1 is 0.929 bits per heavy atom. The lowest BCUT2D eigenvalue weighted by Crippen LogP contribution is -1.77. The van der Waals surface area contributed by atoms with Crippen LogP contribution in [0.15, 0.2) is 46.9 Å². The van der Waals surface area contributed by atoms with Crippen LogP contribution >= 0.6 is 38.5 Å². The first-order valence-corrected chi connectivity index (χ1v) is 6.06. The summed E-state index contributed by atoms with van der Waals surface area (Å²) in [6.07, 6.45) is 0. The van der Waals surface area contributed by atoms with E-state index in [9.17, 15) is 0 Å². The standard InChI is InChI=1S/C12H7BrI/c13-11-5-1-9(2-6-11)10-3-7-12(14)8-4-10/h1-5,7-8H. The second-order valence-corrected chi connectivity index (χ2v) is 5.03. The van der Waals surface area contributed by atoms with E-state index in [1.807, 2.05) is 12.1 Å². The molecule has 0 fully saturated rings. The highest BCUT2D eigenvalue weighted by Crippen LogP contribution is 2.21. The zero-order chi connectivity index (χ0) is 9.97. The Morgan fingerprint density at radius 3 is 2.14 bits per heavy atom. The van der Waals surface area contributed by atoms with Gasteiger partial charge in [0.15, 0.2) is 0 Å². The second kappa shape index (κ2) is 4.45. The first-order chi connectivity index (χ1) is 6.75. The van der Waals surface area contributed by atoms with Crippen LogP contribution in [-0.4, -0.2) is 0 Å². The van der Waals surface area contributed by atoms with Gasteiger partial charge >= 0.3 is 0 Å². The van der Waals surface area contributed by atoms with Crippen LogP contribution in [0.1, 0.15) is 0 Å². The van der Waals surface area contributed by atoms with Crippen molar-refractivity contribution in [2.45, 2.75) is 0 Å². The third kappa shape index (κ3) is 2.36. The van der Waals surface area contributed by atoms with Gasteiger partial charge in [-0.15, -0.1) is 0 Å². The van der Waals surface area contributed by atoms with E-state index >= 15 is 0 Å². The molecule has 14 heavy (non-hydrogen) atoms. The van der Waals surface area contributed by atoms with Crippen LogP contribution in [0.4, 0.5) is 0 Å². The van der Waals surface area contributed by atoms with Crippen LogP contribution in [0.5, 0.6) is 0 Å². The summed E-state index contributed by atoms with van der Waals surface area (Å²) < 4.78 is 2.25. The van der Waals surface area contributed by atoms with E-state index in [1.165, 1.54) is 14.7 Å². The fourth-order valence-electron chi connectivity index (χ4n) is 1.23. The molecule has 2 aromatic carbocycles. The van der Waals surface area contributed by atoms with Crippen LogP contribution in [0.25, 0.3) is 11.1 Å². The largest absolute Gasteiger partial charge is 0.0533 e. The molecular formula is C12H7BrI. The Kier molecular flexibility index (Phi) is 3.23. The van der Waals surface area contributed by atoms with Gasteiger partial charge in [0.1, 0.15) is 0 Å². The summed E-state index contributed by atoms with van der Waals surface area (Å²) in [6.45, 7) is 0. The van der Waals surface area contributed by atoms with Gasteiger partial charge in [0, 0.05) is 8.04 Å². The smallest absolute Gasteiger partial charge is 0.0254 e. The van der Waals surface area contributed by atoms with E-state index in [2.05, 4.69) is 74.9 Å². The molecule has 0 aliphatic carbocycles. The van der Waals surface area contributed by atoms with Gasteiger partial charge in [-0.3, -0.25) is 0 Å². The molecule has 0 saturated heterocycles. The molecule has 2 aromatic rings. The number of benzene rings is 2. The van der Waals surface area contributed by atoms with Crippen molar-refractivity contribution >= 4 is 38.5 Å². The summed E-state index contributed by atoms with van der Waals surface area (Å²) in [5, 5.41) is 0. The maximum Gasteiger partial charge on any atom is 0.0254 e. The van der Waals surface area contributed by atoms with E-state index < -0.39 is 0 Å². The molecule has 0 heterocycles. The lowest BCUT2D eigenvalue weighted by molar-refractivity contribution is 1.57. The van der Waals surface area contributed by atoms with Crippen molar-refractivity contribution in [2.75, 3.05) is 0 Å². The molecule has 0 unspecified atom stereocenters. The average molecular weight is 358 g/mol. The Balaban J connectivity index is 2.40. The predicted octanol–water partition coefficient (Wildman–Crippen LogP) is 4.52. The summed E-state index contributed by atoms with van der Waals surface area (Å²) in [5.41, 5.74) is 2.43. The van der Waals surface area contributed by atoms with E-state index in [0.29, 0.717) is 0 Å². The van der Waals surface area contributed by atoms with Crippen molar-refractivity contribution in [1.82, 2.24) is 0 Å². The Bertz CT molecular complexity index is 374. The maximum absolute atomic E-state index is 3.37. The first-order valence-electron chi connectivity index (χ1n) is 4.19. The van der Waals surface area contributed by atoms with Crippen molar-refractivity contribution in [2.24, 2.45) is 0 Å². The van der Waals surface area contributed by atoms with Crippen molar-refractivity contribution in [3.05, 3.63) is 56.6 Å². The minimum atomic E-state index is 0.992. The minimum Gasteiger partial charge on any atom is -0.0533 e. The quantitative estimate of drug-likeness (QED) is 0.658. The normalized spacial score (nSPS) is 10.1. The fourth-order valence-corrected chi connectivity index (χ4v) is 1.83. The monoisotopic (exact) mass is 357 g/mol. The summed E-state index contributed by atoms with van der Waals surface area (Å²) in [7, 11) is 0. The maximum atomic E-state index is 3.37. The molecule has 1 radical (unpaired) electrons.